The Hall–Kier alpha value is -2.76. The molecule has 4 aromatic rings. The molecular weight excluding hydrogens is 242 g/mol. The Kier molecular flexibility index (Phi) is 1.44. The summed E-state index contributed by atoms with van der Waals surface area (Å²) in [5, 5.41) is 4.33. The minimum Gasteiger partial charge on any atom is -0.395 e. The average Bonchev–Trinajstić information content (AvgIpc) is 3.05. The molecule has 6 nitrogen and oxygen atoms in total. The zero-order valence-electron chi connectivity index (χ0n) is 9.82. The third-order valence-electron chi connectivity index (χ3n) is 3.46. The van der Waals surface area contributed by atoms with E-state index in [2.05, 4.69) is 19.6 Å². The maximum atomic E-state index is 5.87. The van der Waals surface area contributed by atoms with Gasteiger partial charge in [-0.2, -0.15) is 9.55 Å². The number of rotatable bonds is 0. The summed E-state index contributed by atoms with van der Waals surface area (Å²) in [4.78, 5) is 8.83. The van der Waals surface area contributed by atoms with Crippen LogP contribution in [0, 0.1) is 0 Å². The molecular formula is C13H8N5O+. The number of imidazole rings is 1. The van der Waals surface area contributed by atoms with Crippen LogP contribution in [0.5, 0.6) is 0 Å². The summed E-state index contributed by atoms with van der Waals surface area (Å²) < 4.78 is 9.74. The molecule has 0 N–H and O–H groups in total. The van der Waals surface area contributed by atoms with Crippen molar-refractivity contribution in [2.75, 3.05) is 0 Å². The molecule has 0 spiro atoms. The third-order valence-corrected chi connectivity index (χ3v) is 3.46. The van der Waals surface area contributed by atoms with Crippen molar-refractivity contribution in [1.29, 1.82) is 0 Å². The molecule has 0 radical (unpaired) electrons. The van der Waals surface area contributed by atoms with Crippen molar-refractivity contribution in [1.82, 2.24) is 19.6 Å². The van der Waals surface area contributed by atoms with Gasteiger partial charge in [0.25, 0.3) is 5.65 Å². The van der Waals surface area contributed by atoms with Gasteiger partial charge in [-0.15, -0.1) is 0 Å². The molecule has 0 amide bonds. The average molecular weight is 250 g/mol. The van der Waals surface area contributed by atoms with Gasteiger partial charge in [0.2, 0.25) is 0 Å². The fourth-order valence-electron chi connectivity index (χ4n) is 2.65. The van der Waals surface area contributed by atoms with Crippen LogP contribution in [0.15, 0.2) is 41.1 Å². The quantitative estimate of drug-likeness (QED) is 0.387. The lowest BCUT2D eigenvalue weighted by Crippen LogP contribution is -2.32. The predicted octanol–water partition coefficient (Wildman–Crippen LogP) is 1.19. The van der Waals surface area contributed by atoms with Crippen molar-refractivity contribution in [3.8, 4) is 11.5 Å². The molecule has 0 saturated carbocycles. The lowest BCUT2D eigenvalue weighted by molar-refractivity contribution is -0.652. The fraction of sp³-hybridized carbons (Fsp3) is 0.0769. The second-order valence-electron chi connectivity index (χ2n) is 4.53. The maximum absolute atomic E-state index is 5.87. The smallest absolute Gasteiger partial charge is 0.376 e. The first-order chi connectivity index (χ1) is 9.42. The minimum atomic E-state index is 0.614. The van der Waals surface area contributed by atoms with E-state index in [0.29, 0.717) is 12.3 Å². The number of hydrogen-bond donors (Lipinski definition) is 0. The van der Waals surface area contributed by atoms with Crippen LogP contribution in [-0.4, -0.2) is 19.6 Å². The predicted molar refractivity (Wildman–Crippen MR) is 65.3 cm³/mol. The first-order valence-corrected chi connectivity index (χ1v) is 6.02. The number of aromatic nitrogens is 5. The summed E-state index contributed by atoms with van der Waals surface area (Å²) >= 11 is 0. The monoisotopic (exact) mass is 250 g/mol. The second kappa shape index (κ2) is 2.97. The van der Waals surface area contributed by atoms with Crippen molar-refractivity contribution in [3.63, 3.8) is 0 Å². The third kappa shape index (κ3) is 1.02. The fourth-order valence-corrected chi connectivity index (χ4v) is 2.65. The Bertz CT molecular complexity index is 952. The summed E-state index contributed by atoms with van der Waals surface area (Å²) in [5.74, 6) is 0.806. The molecule has 1 aliphatic heterocycles. The van der Waals surface area contributed by atoms with E-state index in [9.17, 15) is 0 Å². The summed E-state index contributed by atoms with van der Waals surface area (Å²) in [7, 11) is 0. The summed E-state index contributed by atoms with van der Waals surface area (Å²) in [6.45, 7) is 0.697. The summed E-state index contributed by atoms with van der Waals surface area (Å²) in [5.41, 5.74) is 4.33. The number of pyridine rings is 1. The van der Waals surface area contributed by atoms with Gasteiger partial charge < -0.3 is 4.42 Å². The molecule has 0 atom stereocenters. The van der Waals surface area contributed by atoms with Crippen molar-refractivity contribution in [3.05, 3.63) is 42.4 Å². The van der Waals surface area contributed by atoms with Gasteiger partial charge in [0.05, 0.1) is 17.5 Å². The highest BCUT2D eigenvalue weighted by Gasteiger charge is 2.34. The Morgan fingerprint density at radius 3 is 3.16 bits per heavy atom. The van der Waals surface area contributed by atoms with Gasteiger partial charge in [0.1, 0.15) is 6.54 Å². The molecule has 19 heavy (non-hydrogen) atoms. The standard InChI is InChI=1S/C13H8N5O/c1-3-8-9(14-5-1)7-17-12-11(19-13(8)17)16-10-4-2-6-15-18(10)12/h1-6H,7H2/q+1. The Labute approximate surface area is 106 Å². The molecule has 90 valence electrons. The minimum absolute atomic E-state index is 0.614. The van der Waals surface area contributed by atoms with Gasteiger partial charge in [0.15, 0.2) is 0 Å². The Balaban J connectivity index is 1.94. The Morgan fingerprint density at radius 1 is 1.21 bits per heavy atom. The number of nitrogens with zero attached hydrogens (tertiary/aromatic N) is 5. The van der Waals surface area contributed by atoms with E-state index in [0.717, 1.165) is 28.4 Å². The molecule has 1 aliphatic rings. The molecule has 4 aromatic heterocycles. The number of fused-ring (bicyclic) bond motifs is 7. The van der Waals surface area contributed by atoms with E-state index < -0.39 is 0 Å². The van der Waals surface area contributed by atoms with Crippen LogP contribution in [-0.2, 0) is 6.54 Å². The van der Waals surface area contributed by atoms with Crippen LogP contribution in [0.3, 0.4) is 0 Å². The molecule has 0 saturated heterocycles. The molecule has 0 bridgehead atoms. The highest BCUT2D eigenvalue weighted by molar-refractivity contribution is 5.71. The zero-order chi connectivity index (χ0) is 12.4. The van der Waals surface area contributed by atoms with Crippen LogP contribution in [0.25, 0.3) is 28.5 Å². The first-order valence-electron chi connectivity index (χ1n) is 6.02. The summed E-state index contributed by atoms with van der Waals surface area (Å²) in [6.07, 6.45) is 3.55. The van der Waals surface area contributed by atoms with Gasteiger partial charge >= 0.3 is 17.3 Å². The van der Waals surface area contributed by atoms with Gasteiger partial charge in [-0.25, -0.2) is 0 Å². The SMILES string of the molecule is c1cnc2c(c1)-c1oc3nc4cccnn4c3[n+]1C2. The zero-order valence-corrected chi connectivity index (χ0v) is 9.82. The van der Waals surface area contributed by atoms with E-state index in [1.165, 1.54) is 0 Å². The van der Waals surface area contributed by atoms with Crippen LogP contribution in [0.1, 0.15) is 5.69 Å². The normalized spacial score (nSPS) is 13.1. The van der Waals surface area contributed by atoms with Crippen molar-refractivity contribution < 1.29 is 8.98 Å². The Morgan fingerprint density at radius 2 is 2.16 bits per heavy atom. The lowest BCUT2D eigenvalue weighted by atomic mass is 10.2. The van der Waals surface area contributed by atoms with E-state index in [4.69, 9.17) is 4.42 Å². The topological polar surface area (TPSA) is 60.1 Å². The lowest BCUT2D eigenvalue weighted by Gasteiger charge is -1.90. The van der Waals surface area contributed by atoms with E-state index in [1.54, 1.807) is 16.9 Å². The van der Waals surface area contributed by atoms with Crippen LogP contribution >= 0.6 is 0 Å². The molecule has 0 fully saturated rings. The molecule has 0 aromatic carbocycles. The van der Waals surface area contributed by atoms with E-state index >= 15 is 0 Å². The first kappa shape index (κ1) is 9.21. The van der Waals surface area contributed by atoms with Crippen molar-refractivity contribution in [2.24, 2.45) is 0 Å². The molecule has 5 heterocycles. The van der Waals surface area contributed by atoms with Crippen molar-refractivity contribution in [2.45, 2.75) is 6.54 Å². The highest BCUT2D eigenvalue weighted by Crippen LogP contribution is 2.29. The highest BCUT2D eigenvalue weighted by atomic mass is 16.4. The second-order valence-corrected chi connectivity index (χ2v) is 4.53. The maximum Gasteiger partial charge on any atom is 0.376 e. The van der Waals surface area contributed by atoms with Crippen molar-refractivity contribution >= 4 is 17.0 Å². The molecule has 0 aliphatic carbocycles. The molecule has 6 heteroatoms. The molecule has 0 unspecified atom stereocenters. The molecule has 5 rings (SSSR count). The van der Waals surface area contributed by atoms with E-state index in [-0.39, 0.29) is 0 Å². The van der Waals surface area contributed by atoms with Crippen LogP contribution < -0.4 is 4.57 Å². The number of hydrogen-bond acceptors (Lipinski definition) is 4. The van der Waals surface area contributed by atoms with Gasteiger partial charge in [-0.3, -0.25) is 4.98 Å². The van der Waals surface area contributed by atoms with Gasteiger partial charge in [0, 0.05) is 12.3 Å². The van der Waals surface area contributed by atoms with Gasteiger partial charge in [-0.1, -0.05) is 9.61 Å². The van der Waals surface area contributed by atoms with E-state index in [1.807, 2.05) is 24.3 Å². The number of oxazole rings is 1. The summed E-state index contributed by atoms with van der Waals surface area (Å²) in [6, 6.07) is 7.71. The van der Waals surface area contributed by atoms with Gasteiger partial charge in [-0.05, 0) is 18.2 Å². The largest absolute Gasteiger partial charge is 0.395 e. The van der Waals surface area contributed by atoms with Crippen LogP contribution in [0.2, 0.25) is 0 Å². The van der Waals surface area contributed by atoms with Crippen LogP contribution in [0.4, 0.5) is 0 Å².